The second-order valence-electron chi connectivity index (χ2n) is 7.08. The number of aromatic nitrogens is 2. The van der Waals surface area contributed by atoms with Crippen LogP contribution in [-0.2, 0) is 10.0 Å². The van der Waals surface area contributed by atoms with Gasteiger partial charge in [0.25, 0.3) is 0 Å². The van der Waals surface area contributed by atoms with E-state index in [0.717, 1.165) is 29.1 Å². The first-order valence-electron chi connectivity index (χ1n) is 9.62. The van der Waals surface area contributed by atoms with Gasteiger partial charge in [-0.15, -0.1) is 0 Å². The van der Waals surface area contributed by atoms with Gasteiger partial charge in [-0.1, -0.05) is 17.7 Å². The number of sulfonamides is 1. The van der Waals surface area contributed by atoms with Gasteiger partial charge in [0.1, 0.15) is 18.2 Å². The number of halogens is 1. The summed E-state index contributed by atoms with van der Waals surface area (Å²) in [6.07, 6.45) is 2.08. The molecule has 1 heterocycles. The Balaban J connectivity index is 1.44. The summed E-state index contributed by atoms with van der Waals surface area (Å²) in [5.41, 5.74) is 2.67. The molecule has 1 atom stereocenters. The zero-order valence-electron chi connectivity index (χ0n) is 17.2. The Hall–Kier alpha value is -2.59. The third-order valence-electron chi connectivity index (χ3n) is 4.41. The van der Waals surface area contributed by atoms with Crippen LogP contribution in [0.2, 0.25) is 5.02 Å². The number of rotatable bonds is 10. The Labute approximate surface area is 186 Å². The van der Waals surface area contributed by atoms with Gasteiger partial charge < -0.3 is 20.1 Å². The van der Waals surface area contributed by atoms with Gasteiger partial charge in [0, 0.05) is 24.8 Å². The molecule has 0 fully saturated rings. The number of ether oxygens (including phenoxy) is 1. The van der Waals surface area contributed by atoms with Crippen molar-refractivity contribution in [1.82, 2.24) is 15.3 Å². The van der Waals surface area contributed by atoms with Gasteiger partial charge in [0.15, 0.2) is 0 Å². The maximum Gasteiger partial charge on any atom is 0.229 e. The standard InChI is InChI=1S/C21H25ClN4O4S/c1-14-24-12-20(25-14)15-3-6-17(7-4-15)30-10-9-23-13-21(27)16-5-8-18(22)19(11-16)26-31(2,28)29/h3-8,11-12,21,23,26-27H,9-10,13H2,1-2H3,(H,24,25). The molecule has 10 heteroatoms. The molecule has 1 unspecified atom stereocenters. The van der Waals surface area contributed by atoms with Gasteiger partial charge in [-0.25, -0.2) is 13.4 Å². The summed E-state index contributed by atoms with van der Waals surface area (Å²) in [6.45, 7) is 3.14. The number of aromatic amines is 1. The summed E-state index contributed by atoms with van der Waals surface area (Å²) in [4.78, 5) is 7.45. The monoisotopic (exact) mass is 464 g/mol. The average Bonchev–Trinajstić information content (AvgIpc) is 3.15. The van der Waals surface area contributed by atoms with E-state index in [2.05, 4.69) is 20.0 Å². The quantitative estimate of drug-likeness (QED) is 0.342. The predicted octanol–water partition coefficient (Wildman–Crippen LogP) is 3.11. The lowest BCUT2D eigenvalue weighted by Crippen LogP contribution is -2.26. The second-order valence-corrected chi connectivity index (χ2v) is 9.23. The number of nitrogens with one attached hydrogen (secondary N) is 3. The summed E-state index contributed by atoms with van der Waals surface area (Å²) < 4.78 is 30.9. The molecule has 166 valence electrons. The van der Waals surface area contributed by atoms with Crippen LogP contribution in [0.4, 0.5) is 5.69 Å². The molecule has 8 nitrogen and oxygen atoms in total. The first-order chi connectivity index (χ1) is 14.7. The first kappa shape index (κ1) is 23.1. The van der Waals surface area contributed by atoms with E-state index in [-0.39, 0.29) is 17.3 Å². The Morgan fingerprint density at radius 2 is 1.97 bits per heavy atom. The largest absolute Gasteiger partial charge is 0.492 e. The van der Waals surface area contributed by atoms with E-state index >= 15 is 0 Å². The van der Waals surface area contributed by atoms with Crippen molar-refractivity contribution in [3.8, 4) is 17.0 Å². The molecule has 1 aromatic heterocycles. The zero-order chi connectivity index (χ0) is 22.4. The van der Waals surface area contributed by atoms with Gasteiger partial charge in [-0.05, 0) is 48.9 Å². The molecule has 0 bridgehead atoms. The molecule has 0 aliphatic carbocycles. The van der Waals surface area contributed by atoms with Crippen LogP contribution in [0.1, 0.15) is 17.5 Å². The third-order valence-corrected chi connectivity index (χ3v) is 5.33. The molecule has 0 spiro atoms. The fourth-order valence-electron chi connectivity index (χ4n) is 2.91. The number of nitrogens with zero attached hydrogens (tertiary/aromatic N) is 1. The van der Waals surface area contributed by atoms with Crippen LogP contribution >= 0.6 is 11.6 Å². The zero-order valence-corrected chi connectivity index (χ0v) is 18.8. The number of anilines is 1. The number of aliphatic hydroxyl groups excluding tert-OH is 1. The number of benzene rings is 2. The van der Waals surface area contributed by atoms with Gasteiger partial charge in [0.05, 0.1) is 28.8 Å². The van der Waals surface area contributed by atoms with Crippen molar-refractivity contribution in [1.29, 1.82) is 0 Å². The highest BCUT2D eigenvalue weighted by Crippen LogP contribution is 2.26. The Bertz CT molecular complexity index is 1120. The van der Waals surface area contributed by atoms with Crippen LogP contribution in [0, 0.1) is 6.92 Å². The van der Waals surface area contributed by atoms with Crippen LogP contribution in [0.3, 0.4) is 0 Å². The van der Waals surface area contributed by atoms with E-state index in [1.165, 1.54) is 6.07 Å². The molecular formula is C21H25ClN4O4S. The maximum atomic E-state index is 11.4. The number of aryl methyl sites for hydroxylation is 1. The lowest BCUT2D eigenvalue weighted by Gasteiger charge is -2.15. The Morgan fingerprint density at radius 3 is 2.61 bits per heavy atom. The number of hydrogen-bond acceptors (Lipinski definition) is 6. The molecule has 2 aromatic carbocycles. The van der Waals surface area contributed by atoms with E-state index in [1.807, 2.05) is 37.4 Å². The normalized spacial score (nSPS) is 12.5. The van der Waals surface area contributed by atoms with Crippen LogP contribution in [0.5, 0.6) is 5.75 Å². The highest BCUT2D eigenvalue weighted by molar-refractivity contribution is 7.92. The van der Waals surface area contributed by atoms with Crippen LogP contribution in [0.15, 0.2) is 48.7 Å². The number of imidazole rings is 1. The minimum Gasteiger partial charge on any atom is -0.492 e. The molecule has 4 N–H and O–H groups in total. The van der Waals surface area contributed by atoms with Crippen LogP contribution in [-0.4, -0.2) is 49.4 Å². The predicted molar refractivity (Wildman–Crippen MR) is 122 cm³/mol. The molecule has 0 aliphatic rings. The van der Waals surface area contributed by atoms with Gasteiger partial charge >= 0.3 is 0 Å². The Kier molecular flexibility index (Phi) is 7.55. The molecule has 31 heavy (non-hydrogen) atoms. The minimum absolute atomic E-state index is 0.234. The van der Waals surface area contributed by atoms with Crippen molar-refractivity contribution in [2.24, 2.45) is 0 Å². The van der Waals surface area contributed by atoms with Crippen LogP contribution < -0.4 is 14.8 Å². The van der Waals surface area contributed by atoms with E-state index in [0.29, 0.717) is 18.7 Å². The fraction of sp³-hybridized carbons (Fsp3) is 0.286. The van der Waals surface area contributed by atoms with Gasteiger partial charge in [-0.2, -0.15) is 0 Å². The summed E-state index contributed by atoms with van der Waals surface area (Å²) in [7, 11) is -3.46. The summed E-state index contributed by atoms with van der Waals surface area (Å²) >= 11 is 6.01. The van der Waals surface area contributed by atoms with Gasteiger partial charge in [-0.3, -0.25) is 4.72 Å². The minimum atomic E-state index is -3.46. The number of aliphatic hydroxyl groups is 1. The van der Waals surface area contributed by atoms with Crippen molar-refractivity contribution in [3.63, 3.8) is 0 Å². The molecule has 3 aromatic rings. The third kappa shape index (κ3) is 6.96. The molecule has 0 radical (unpaired) electrons. The average molecular weight is 465 g/mol. The molecule has 3 rings (SSSR count). The summed E-state index contributed by atoms with van der Waals surface area (Å²) in [5, 5.41) is 13.7. The smallest absolute Gasteiger partial charge is 0.229 e. The number of H-pyrrole nitrogens is 1. The van der Waals surface area contributed by atoms with E-state index < -0.39 is 16.1 Å². The fourth-order valence-corrected chi connectivity index (χ4v) is 3.70. The molecule has 0 aliphatic heterocycles. The summed E-state index contributed by atoms with van der Waals surface area (Å²) in [6, 6.07) is 12.4. The Morgan fingerprint density at radius 1 is 1.23 bits per heavy atom. The maximum absolute atomic E-state index is 11.4. The van der Waals surface area contributed by atoms with Gasteiger partial charge in [0.2, 0.25) is 10.0 Å². The highest BCUT2D eigenvalue weighted by Gasteiger charge is 2.12. The van der Waals surface area contributed by atoms with Crippen LogP contribution in [0.25, 0.3) is 11.3 Å². The van der Waals surface area contributed by atoms with Crippen molar-refractivity contribution in [2.45, 2.75) is 13.0 Å². The van der Waals surface area contributed by atoms with E-state index in [4.69, 9.17) is 16.3 Å². The molecule has 0 saturated heterocycles. The SMILES string of the molecule is Cc1nc(-c2ccc(OCCNCC(O)c3ccc(Cl)c(NS(C)(=O)=O)c3)cc2)c[nH]1. The van der Waals surface area contributed by atoms with Crippen molar-refractivity contribution in [2.75, 3.05) is 30.7 Å². The van der Waals surface area contributed by atoms with Crippen molar-refractivity contribution >= 4 is 27.3 Å². The van der Waals surface area contributed by atoms with E-state index in [9.17, 15) is 13.5 Å². The molecule has 0 saturated carbocycles. The number of hydrogen-bond donors (Lipinski definition) is 4. The second kappa shape index (κ2) is 10.1. The lowest BCUT2D eigenvalue weighted by atomic mass is 10.1. The lowest BCUT2D eigenvalue weighted by molar-refractivity contribution is 0.172. The summed E-state index contributed by atoms with van der Waals surface area (Å²) in [5.74, 6) is 1.61. The first-order valence-corrected chi connectivity index (χ1v) is 11.9. The molecule has 0 amide bonds. The molecular weight excluding hydrogens is 440 g/mol. The highest BCUT2D eigenvalue weighted by atomic mass is 35.5. The topological polar surface area (TPSA) is 116 Å². The van der Waals surface area contributed by atoms with Crippen molar-refractivity contribution < 1.29 is 18.3 Å². The van der Waals surface area contributed by atoms with Crippen molar-refractivity contribution in [3.05, 3.63) is 65.1 Å². The van der Waals surface area contributed by atoms with E-state index in [1.54, 1.807) is 12.1 Å².